The Kier molecular flexibility index (Phi) is 4.82. The van der Waals surface area contributed by atoms with Crippen LogP contribution in [0.3, 0.4) is 0 Å². The van der Waals surface area contributed by atoms with Crippen LogP contribution in [0.4, 0.5) is 5.95 Å². The topological polar surface area (TPSA) is 75.2 Å². The van der Waals surface area contributed by atoms with E-state index in [4.69, 9.17) is 0 Å². The first kappa shape index (κ1) is 16.9. The Morgan fingerprint density at radius 2 is 1.79 bits per heavy atom. The van der Waals surface area contributed by atoms with Crippen molar-refractivity contribution < 1.29 is 8.42 Å². The number of rotatable bonds is 4. The van der Waals surface area contributed by atoms with Gasteiger partial charge in [-0.05, 0) is 44.4 Å². The van der Waals surface area contributed by atoms with Crippen molar-refractivity contribution in [2.45, 2.75) is 37.6 Å². The van der Waals surface area contributed by atoms with Crippen molar-refractivity contribution in [3.8, 4) is 0 Å². The summed E-state index contributed by atoms with van der Waals surface area (Å²) in [4.78, 5) is 11.3. The summed E-state index contributed by atoms with van der Waals surface area (Å²) in [6.45, 7) is 5.44. The van der Waals surface area contributed by atoms with Gasteiger partial charge in [0.15, 0.2) is 0 Å². The predicted molar refractivity (Wildman–Crippen MR) is 93.5 cm³/mol. The van der Waals surface area contributed by atoms with Crippen LogP contribution < -0.4 is 9.62 Å². The lowest BCUT2D eigenvalue weighted by Crippen LogP contribution is -2.45. The van der Waals surface area contributed by atoms with Gasteiger partial charge in [-0.25, -0.2) is 23.1 Å². The van der Waals surface area contributed by atoms with Crippen LogP contribution in [0, 0.1) is 13.8 Å². The van der Waals surface area contributed by atoms with E-state index in [0.717, 1.165) is 43.1 Å². The molecule has 128 valence electrons. The van der Waals surface area contributed by atoms with Crippen molar-refractivity contribution in [1.82, 2.24) is 14.7 Å². The Morgan fingerprint density at radius 3 is 2.42 bits per heavy atom. The van der Waals surface area contributed by atoms with E-state index < -0.39 is 10.0 Å². The van der Waals surface area contributed by atoms with Gasteiger partial charge in [0.2, 0.25) is 16.0 Å². The molecule has 1 aliphatic rings. The number of piperidine rings is 1. The number of aromatic nitrogens is 2. The molecule has 1 fully saturated rings. The van der Waals surface area contributed by atoms with E-state index in [1.807, 2.05) is 20.0 Å². The molecular formula is C17H22N4O2S. The summed E-state index contributed by atoms with van der Waals surface area (Å²) in [5.41, 5.74) is 2.05. The smallest absolute Gasteiger partial charge is 0.240 e. The standard InChI is InChI=1S/C17H22N4O2S/c1-13-12-18-17(19-14(13)2)21-10-8-15(9-11-21)20-24(22,23)16-6-4-3-5-7-16/h3-7,12,15,20H,8-11H2,1-2H3. The number of hydrogen-bond donors (Lipinski definition) is 1. The molecule has 3 rings (SSSR count). The number of hydrogen-bond acceptors (Lipinski definition) is 5. The fourth-order valence-electron chi connectivity index (χ4n) is 2.75. The Balaban J connectivity index is 1.62. The molecule has 0 amide bonds. The van der Waals surface area contributed by atoms with Crippen molar-refractivity contribution >= 4 is 16.0 Å². The maximum absolute atomic E-state index is 12.4. The first-order chi connectivity index (χ1) is 11.5. The van der Waals surface area contributed by atoms with Crippen molar-refractivity contribution in [2.75, 3.05) is 18.0 Å². The number of nitrogens with one attached hydrogen (secondary N) is 1. The van der Waals surface area contributed by atoms with Crippen molar-refractivity contribution in [2.24, 2.45) is 0 Å². The highest BCUT2D eigenvalue weighted by Gasteiger charge is 2.25. The average Bonchev–Trinajstić information content (AvgIpc) is 2.59. The summed E-state index contributed by atoms with van der Waals surface area (Å²) < 4.78 is 27.6. The minimum atomic E-state index is -3.45. The maximum atomic E-state index is 12.4. The lowest BCUT2D eigenvalue weighted by Gasteiger charge is -2.32. The highest BCUT2D eigenvalue weighted by atomic mass is 32.2. The lowest BCUT2D eigenvalue weighted by atomic mass is 10.1. The third-order valence-corrected chi connectivity index (χ3v) is 5.90. The van der Waals surface area contributed by atoms with Crippen LogP contribution in [-0.4, -0.2) is 37.5 Å². The zero-order valence-corrected chi connectivity index (χ0v) is 14.8. The molecule has 7 heteroatoms. The zero-order valence-electron chi connectivity index (χ0n) is 13.9. The molecule has 0 radical (unpaired) electrons. The molecular weight excluding hydrogens is 324 g/mol. The number of anilines is 1. The van der Waals surface area contributed by atoms with Crippen molar-refractivity contribution in [3.05, 3.63) is 47.8 Å². The molecule has 6 nitrogen and oxygen atoms in total. The molecule has 2 heterocycles. The SMILES string of the molecule is Cc1cnc(N2CCC(NS(=O)(=O)c3ccccc3)CC2)nc1C. The summed E-state index contributed by atoms with van der Waals surface area (Å²) in [5.74, 6) is 0.725. The van der Waals surface area contributed by atoms with E-state index in [9.17, 15) is 8.42 Å². The molecule has 0 atom stereocenters. The normalized spacial score (nSPS) is 16.3. The lowest BCUT2D eigenvalue weighted by molar-refractivity contribution is 0.456. The highest BCUT2D eigenvalue weighted by Crippen LogP contribution is 2.19. The van der Waals surface area contributed by atoms with Gasteiger partial charge in [-0.2, -0.15) is 0 Å². The van der Waals surface area contributed by atoms with Gasteiger partial charge < -0.3 is 4.90 Å². The van der Waals surface area contributed by atoms with E-state index in [0.29, 0.717) is 4.90 Å². The molecule has 1 aromatic heterocycles. The first-order valence-electron chi connectivity index (χ1n) is 8.08. The number of aryl methyl sites for hydroxylation is 2. The van der Waals surface area contributed by atoms with E-state index in [-0.39, 0.29) is 6.04 Å². The fourth-order valence-corrected chi connectivity index (χ4v) is 4.08. The first-order valence-corrected chi connectivity index (χ1v) is 9.56. The summed E-state index contributed by atoms with van der Waals surface area (Å²) in [6.07, 6.45) is 3.31. The van der Waals surface area contributed by atoms with Gasteiger partial charge in [0.25, 0.3) is 0 Å². The molecule has 1 aromatic carbocycles. The van der Waals surface area contributed by atoms with Crippen LogP contribution in [-0.2, 0) is 10.0 Å². The third-order valence-electron chi connectivity index (χ3n) is 4.37. The molecule has 1 aliphatic heterocycles. The second-order valence-corrected chi connectivity index (χ2v) is 7.85. The molecule has 1 saturated heterocycles. The monoisotopic (exact) mass is 346 g/mol. The minimum absolute atomic E-state index is 0.0574. The highest BCUT2D eigenvalue weighted by molar-refractivity contribution is 7.89. The second-order valence-electron chi connectivity index (χ2n) is 6.13. The number of benzene rings is 1. The molecule has 0 aliphatic carbocycles. The Bertz CT molecular complexity index is 801. The maximum Gasteiger partial charge on any atom is 0.240 e. The largest absolute Gasteiger partial charge is 0.341 e. The van der Waals surface area contributed by atoms with Crippen molar-refractivity contribution in [1.29, 1.82) is 0 Å². The Morgan fingerprint density at radius 1 is 1.12 bits per heavy atom. The van der Waals surface area contributed by atoms with Crippen molar-refractivity contribution in [3.63, 3.8) is 0 Å². The number of sulfonamides is 1. The second kappa shape index (κ2) is 6.86. The van der Waals surface area contributed by atoms with Gasteiger partial charge in [-0.15, -0.1) is 0 Å². The fraction of sp³-hybridized carbons (Fsp3) is 0.412. The summed E-state index contributed by atoms with van der Waals surface area (Å²) >= 11 is 0. The zero-order chi connectivity index (χ0) is 17.2. The average molecular weight is 346 g/mol. The van der Waals surface area contributed by atoms with Crippen LogP contribution in [0.5, 0.6) is 0 Å². The molecule has 1 N–H and O–H groups in total. The van der Waals surface area contributed by atoms with Crippen LogP contribution in [0.15, 0.2) is 41.4 Å². The quantitative estimate of drug-likeness (QED) is 0.917. The number of nitrogens with zero attached hydrogens (tertiary/aromatic N) is 3. The van der Waals surface area contributed by atoms with E-state index in [2.05, 4.69) is 19.6 Å². The molecule has 24 heavy (non-hydrogen) atoms. The molecule has 0 bridgehead atoms. The van der Waals surface area contributed by atoms with E-state index >= 15 is 0 Å². The predicted octanol–water partition coefficient (Wildman–Crippen LogP) is 2.04. The molecule has 2 aromatic rings. The summed E-state index contributed by atoms with van der Waals surface area (Å²) in [7, 11) is -3.45. The van der Waals surface area contributed by atoms with Crippen LogP contribution in [0.2, 0.25) is 0 Å². The molecule has 0 spiro atoms. The van der Waals surface area contributed by atoms with Gasteiger partial charge in [-0.1, -0.05) is 18.2 Å². The minimum Gasteiger partial charge on any atom is -0.341 e. The summed E-state index contributed by atoms with van der Waals surface area (Å²) in [5, 5.41) is 0. The molecule has 0 saturated carbocycles. The van der Waals surface area contributed by atoms with Gasteiger partial charge in [-0.3, -0.25) is 0 Å². The van der Waals surface area contributed by atoms with E-state index in [1.54, 1.807) is 30.3 Å². The van der Waals surface area contributed by atoms with Gasteiger partial charge in [0.05, 0.1) is 4.90 Å². The van der Waals surface area contributed by atoms with Crippen LogP contribution in [0.1, 0.15) is 24.1 Å². The van der Waals surface area contributed by atoms with Gasteiger partial charge in [0, 0.05) is 31.0 Å². The summed E-state index contributed by atoms with van der Waals surface area (Å²) in [6, 6.07) is 8.43. The van der Waals surface area contributed by atoms with Crippen LogP contribution in [0.25, 0.3) is 0 Å². The van der Waals surface area contributed by atoms with Crippen LogP contribution >= 0.6 is 0 Å². The Labute approximate surface area is 143 Å². The van der Waals surface area contributed by atoms with Gasteiger partial charge >= 0.3 is 0 Å². The third kappa shape index (κ3) is 3.73. The van der Waals surface area contributed by atoms with E-state index in [1.165, 1.54) is 0 Å². The Hall–Kier alpha value is -1.99. The van der Waals surface area contributed by atoms with Gasteiger partial charge in [0.1, 0.15) is 0 Å². The molecule has 0 unspecified atom stereocenters.